The average Bonchev–Trinajstić information content (AvgIpc) is 2.78. The molecule has 0 aliphatic heterocycles. The number of carbonyl (C=O) groups is 1. The number of esters is 1. The van der Waals surface area contributed by atoms with Crippen molar-refractivity contribution in [1.29, 1.82) is 0 Å². The van der Waals surface area contributed by atoms with Crippen LogP contribution in [0.4, 0.5) is 0 Å². The Kier molecular flexibility index (Phi) is 12.8. The zero-order chi connectivity index (χ0) is 23.0. The quantitative estimate of drug-likeness (QED) is 0.107. The van der Waals surface area contributed by atoms with Crippen LogP contribution in [-0.2, 0) is 4.79 Å². The normalized spacial score (nSPS) is 12.2. The van der Waals surface area contributed by atoms with E-state index >= 15 is 0 Å². The molecule has 1 aromatic heterocycles. The monoisotopic (exact) mass is 442 g/mol. The molecule has 1 atom stereocenters. The fourth-order valence-electron chi connectivity index (χ4n) is 4.13. The van der Waals surface area contributed by atoms with E-state index in [1.54, 1.807) is 24.3 Å². The zero-order valence-corrected chi connectivity index (χ0v) is 20.2. The van der Waals surface area contributed by atoms with Crippen LogP contribution in [0.1, 0.15) is 110 Å². The lowest BCUT2D eigenvalue weighted by Gasteiger charge is -2.11. The first kappa shape index (κ1) is 26.2. The highest BCUT2D eigenvalue weighted by Gasteiger charge is 2.10. The number of ether oxygens (including phenoxy) is 1. The minimum Gasteiger partial charge on any atom is -0.426 e. The first-order valence-corrected chi connectivity index (χ1v) is 12.8. The van der Waals surface area contributed by atoms with Gasteiger partial charge in [0.15, 0.2) is 0 Å². The molecule has 0 fully saturated rings. The Hall–Kier alpha value is -2.10. The smallest absolute Gasteiger partial charge is 0.336 e. The standard InChI is InChI=1S/C28H42O4/c1-3-4-5-6-7-8-9-10-11-12-13-14-15-23(2)16-20-27(29)31-25-19-17-24-18-21-28(30)32-26(24)22-25/h17-19,21-23H,3-16,20H2,1-2H3. The summed E-state index contributed by atoms with van der Waals surface area (Å²) in [4.78, 5) is 23.5. The molecule has 0 spiro atoms. The molecule has 1 heterocycles. The molecule has 4 heteroatoms. The van der Waals surface area contributed by atoms with Crippen molar-refractivity contribution in [3.8, 4) is 5.75 Å². The van der Waals surface area contributed by atoms with Gasteiger partial charge in [0.25, 0.3) is 0 Å². The van der Waals surface area contributed by atoms with Crippen molar-refractivity contribution in [2.45, 2.75) is 110 Å². The third kappa shape index (κ3) is 11.0. The molecule has 0 saturated carbocycles. The third-order valence-electron chi connectivity index (χ3n) is 6.22. The van der Waals surface area contributed by atoms with E-state index in [1.165, 1.54) is 89.5 Å². The first-order chi connectivity index (χ1) is 15.6. The van der Waals surface area contributed by atoms with Crippen molar-refractivity contribution in [3.63, 3.8) is 0 Å². The van der Waals surface area contributed by atoms with Gasteiger partial charge >= 0.3 is 11.6 Å². The summed E-state index contributed by atoms with van der Waals surface area (Å²) in [5, 5.41) is 0.806. The Balaban J connectivity index is 1.49. The maximum Gasteiger partial charge on any atom is 0.336 e. The average molecular weight is 443 g/mol. The van der Waals surface area contributed by atoms with Crippen molar-refractivity contribution in [2.75, 3.05) is 0 Å². The highest BCUT2D eigenvalue weighted by atomic mass is 16.5. The molecule has 0 bridgehead atoms. The third-order valence-corrected chi connectivity index (χ3v) is 6.22. The van der Waals surface area contributed by atoms with Gasteiger partial charge in [0.1, 0.15) is 11.3 Å². The van der Waals surface area contributed by atoms with Crippen LogP contribution in [0.3, 0.4) is 0 Å². The molecule has 0 amide bonds. The molecule has 0 N–H and O–H groups in total. The summed E-state index contributed by atoms with van der Waals surface area (Å²) in [7, 11) is 0. The van der Waals surface area contributed by atoms with E-state index in [0.29, 0.717) is 23.7 Å². The van der Waals surface area contributed by atoms with Crippen LogP contribution >= 0.6 is 0 Å². The van der Waals surface area contributed by atoms with Crippen LogP contribution in [0.15, 0.2) is 39.5 Å². The summed E-state index contributed by atoms with van der Waals surface area (Å²) in [6, 6.07) is 8.20. The van der Waals surface area contributed by atoms with Crippen molar-refractivity contribution < 1.29 is 13.9 Å². The van der Waals surface area contributed by atoms with Crippen LogP contribution in [0.5, 0.6) is 5.75 Å². The molecule has 32 heavy (non-hydrogen) atoms. The second-order valence-electron chi connectivity index (χ2n) is 9.25. The molecule has 0 radical (unpaired) electrons. The minimum absolute atomic E-state index is 0.232. The van der Waals surface area contributed by atoms with E-state index in [0.717, 1.165) is 11.8 Å². The molecular formula is C28H42O4. The van der Waals surface area contributed by atoms with E-state index in [-0.39, 0.29) is 5.97 Å². The maximum atomic E-state index is 12.2. The molecule has 2 aromatic rings. The maximum absolute atomic E-state index is 12.2. The molecule has 0 aliphatic carbocycles. The Morgan fingerprint density at radius 2 is 1.44 bits per heavy atom. The predicted octanol–water partition coefficient (Wildman–Crippen LogP) is 8.21. The number of unbranched alkanes of at least 4 members (excludes halogenated alkanes) is 11. The molecular weight excluding hydrogens is 400 g/mol. The molecule has 1 unspecified atom stereocenters. The van der Waals surface area contributed by atoms with E-state index in [4.69, 9.17) is 9.15 Å². The zero-order valence-electron chi connectivity index (χ0n) is 20.2. The van der Waals surface area contributed by atoms with Crippen molar-refractivity contribution >= 4 is 16.9 Å². The fourth-order valence-corrected chi connectivity index (χ4v) is 4.13. The molecule has 1 aromatic carbocycles. The summed E-state index contributed by atoms with van der Waals surface area (Å²) >= 11 is 0. The number of hydrogen-bond donors (Lipinski definition) is 0. The van der Waals surface area contributed by atoms with Crippen LogP contribution in [0.25, 0.3) is 11.0 Å². The van der Waals surface area contributed by atoms with Gasteiger partial charge in [-0.25, -0.2) is 4.79 Å². The number of carbonyl (C=O) groups excluding carboxylic acids is 1. The number of hydrogen-bond acceptors (Lipinski definition) is 4. The Morgan fingerprint density at radius 1 is 0.844 bits per heavy atom. The van der Waals surface area contributed by atoms with Crippen molar-refractivity contribution in [1.82, 2.24) is 0 Å². The minimum atomic E-state index is -0.410. The summed E-state index contributed by atoms with van der Waals surface area (Å²) < 4.78 is 10.6. The van der Waals surface area contributed by atoms with E-state index in [9.17, 15) is 9.59 Å². The highest BCUT2D eigenvalue weighted by molar-refractivity contribution is 5.79. The topological polar surface area (TPSA) is 56.5 Å². The first-order valence-electron chi connectivity index (χ1n) is 12.8. The number of benzene rings is 1. The van der Waals surface area contributed by atoms with E-state index in [2.05, 4.69) is 13.8 Å². The molecule has 0 saturated heterocycles. The lowest BCUT2D eigenvalue weighted by Crippen LogP contribution is -2.10. The molecule has 178 valence electrons. The Labute approximate surface area is 193 Å². The highest BCUT2D eigenvalue weighted by Crippen LogP contribution is 2.21. The van der Waals surface area contributed by atoms with Gasteiger partial charge in [-0.1, -0.05) is 97.3 Å². The molecule has 2 rings (SSSR count). The predicted molar refractivity (Wildman–Crippen MR) is 132 cm³/mol. The van der Waals surface area contributed by atoms with Gasteiger partial charge < -0.3 is 9.15 Å². The lowest BCUT2D eigenvalue weighted by atomic mass is 9.97. The van der Waals surface area contributed by atoms with Gasteiger partial charge in [0, 0.05) is 23.9 Å². The largest absolute Gasteiger partial charge is 0.426 e. The summed E-state index contributed by atoms with van der Waals surface area (Å²) in [6.45, 7) is 4.49. The second kappa shape index (κ2) is 15.7. The summed E-state index contributed by atoms with van der Waals surface area (Å²) in [6.07, 6.45) is 18.8. The fraction of sp³-hybridized carbons (Fsp3) is 0.643. The van der Waals surface area contributed by atoms with Crippen molar-refractivity contribution in [3.05, 3.63) is 40.8 Å². The van der Waals surface area contributed by atoms with E-state index < -0.39 is 5.63 Å². The van der Waals surface area contributed by atoms with Gasteiger partial charge in [0.2, 0.25) is 0 Å². The van der Waals surface area contributed by atoms with Gasteiger partial charge in [-0.05, 0) is 30.5 Å². The van der Waals surface area contributed by atoms with Gasteiger partial charge in [-0.15, -0.1) is 0 Å². The summed E-state index contributed by atoms with van der Waals surface area (Å²) in [5.41, 5.74) is 0.0238. The van der Waals surface area contributed by atoms with Gasteiger partial charge in [-0.3, -0.25) is 4.79 Å². The SMILES string of the molecule is CCCCCCCCCCCCCCC(C)CCC(=O)Oc1ccc2ccc(=O)oc2c1. The Morgan fingerprint density at radius 3 is 2.09 bits per heavy atom. The van der Waals surface area contributed by atoms with Gasteiger partial charge in [-0.2, -0.15) is 0 Å². The van der Waals surface area contributed by atoms with Crippen LogP contribution < -0.4 is 10.4 Å². The number of rotatable bonds is 17. The van der Waals surface area contributed by atoms with Gasteiger partial charge in [0.05, 0.1) is 0 Å². The van der Waals surface area contributed by atoms with Crippen LogP contribution in [-0.4, -0.2) is 5.97 Å². The van der Waals surface area contributed by atoms with Crippen LogP contribution in [0, 0.1) is 5.92 Å². The van der Waals surface area contributed by atoms with E-state index in [1.807, 2.05) is 0 Å². The molecule has 4 nitrogen and oxygen atoms in total. The van der Waals surface area contributed by atoms with Crippen molar-refractivity contribution in [2.24, 2.45) is 5.92 Å². The Bertz CT molecular complexity index is 839. The number of fused-ring (bicyclic) bond motifs is 1. The second-order valence-corrected chi connectivity index (χ2v) is 9.25. The van der Waals surface area contributed by atoms with Crippen LogP contribution in [0.2, 0.25) is 0 Å². The lowest BCUT2D eigenvalue weighted by molar-refractivity contribution is -0.134. The molecule has 0 aliphatic rings. The summed E-state index contributed by atoms with van der Waals surface area (Å²) in [5.74, 6) is 0.718.